The number of aliphatic hydroxyl groups is 1. The van der Waals surface area contributed by atoms with Gasteiger partial charge in [-0.25, -0.2) is 0 Å². The molecule has 0 aromatic rings. The summed E-state index contributed by atoms with van der Waals surface area (Å²) in [5, 5.41) is 17.2. The van der Waals surface area contributed by atoms with E-state index in [0.29, 0.717) is 6.42 Å². The van der Waals surface area contributed by atoms with Crippen molar-refractivity contribution in [3.8, 4) is 0 Å². The summed E-state index contributed by atoms with van der Waals surface area (Å²) in [4.78, 5) is 10.0. The molecule has 0 fully saturated rings. The molecular weight excluding hydrogens is 134 g/mol. The zero-order chi connectivity index (χ0) is 8.15. The second kappa shape index (κ2) is 4.24. The van der Waals surface area contributed by atoms with Crippen molar-refractivity contribution in [1.82, 2.24) is 0 Å². The summed E-state index contributed by atoms with van der Waals surface area (Å²) in [6, 6.07) is -0.637. The summed E-state index contributed by atoms with van der Waals surface area (Å²) >= 11 is 0. The van der Waals surface area contributed by atoms with Crippen molar-refractivity contribution in [3.63, 3.8) is 0 Å². The van der Waals surface area contributed by atoms with Gasteiger partial charge in [-0.1, -0.05) is 6.92 Å². The molecule has 0 rings (SSSR count). The van der Waals surface area contributed by atoms with E-state index in [2.05, 4.69) is 0 Å². The third kappa shape index (κ3) is 3.42. The summed E-state index contributed by atoms with van der Waals surface area (Å²) in [5.41, 5.74) is 5.30. The minimum atomic E-state index is -0.972. The van der Waals surface area contributed by atoms with E-state index < -0.39 is 18.1 Å². The smallest absolute Gasteiger partial charge is 0.305 e. The van der Waals surface area contributed by atoms with Crippen LogP contribution >= 0.6 is 0 Å². The van der Waals surface area contributed by atoms with Crippen molar-refractivity contribution >= 4 is 5.97 Å². The number of aliphatic carboxylic acids is 1. The SMILES string of the molecule is CC[C@@H](O)[C@@H](N)CC(=O)O. The molecule has 0 saturated heterocycles. The lowest BCUT2D eigenvalue weighted by molar-refractivity contribution is -0.138. The summed E-state index contributed by atoms with van der Waals surface area (Å²) in [6.45, 7) is 1.76. The normalized spacial score (nSPS) is 16.3. The quantitative estimate of drug-likeness (QED) is 0.503. The molecule has 4 heteroatoms. The second-order valence-electron chi connectivity index (χ2n) is 2.24. The highest BCUT2D eigenvalue weighted by molar-refractivity contribution is 5.67. The van der Waals surface area contributed by atoms with Crippen molar-refractivity contribution in [2.75, 3.05) is 0 Å². The number of hydrogen-bond acceptors (Lipinski definition) is 3. The molecule has 60 valence electrons. The van der Waals surface area contributed by atoms with Crippen LogP contribution in [-0.2, 0) is 4.79 Å². The molecule has 0 unspecified atom stereocenters. The monoisotopic (exact) mass is 147 g/mol. The molecule has 0 amide bonds. The molecular formula is C6H13NO3. The predicted octanol–water partition coefficient (Wildman–Crippen LogP) is -0.441. The number of nitrogens with two attached hydrogens (primary N) is 1. The van der Waals surface area contributed by atoms with Gasteiger partial charge in [-0.15, -0.1) is 0 Å². The van der Waals surface area contributed by atoms with Crippen LogP contribution in [0.5, 0.6) is 0 Å². The number of rotatable bonds is 4. The Balaban J connectivity index is 3.61. The third-order valence-electron chi connectivity index (χ3n) is 1.32. The summed E-state index contributed by atoms with van der Waals surface area (Å²) in [6.07, 6.45) is -0.375. The van der Waals surface area contributed by atoms with Crippen molar-refractivity contribution in [2.45, 2.75) is 31.9 Å². The van der Waals surface area contributed by atoms with Crippen LogP contribution in [0.4, 0.5) is 0 Å². The summed E-state index contributed by atoms with van der Waals surface area (Å²) < 4.78 is 0. The molecule has 0 saturated carbocycles. The van der Waals surface area contributed by atoms with E-state index in [9.17, 15) is 4.79 Å². The standard InChI is InChI=1S/C6H13NO3/c1-2-5(8)4(7)3-6(9)10/h4-5,8H,2-3,7H2,1H3,(H,9,10)/t4-,5+/m0/s1. The highest BCUT2D eigenvalue weighted by Crippen LogP contribution is 1.99. The maximum Gasteiger partial charge on any atom is 0.305 e. The van der Waals surface area contributed by atoms with Crippen LogP contribution < -0.4 is 5.73 Å². The van der Waals surface area contributed by atoms with E-state index in [0.717, 1.165) is 0 Å². The molecule has 0 aromatic carbocycles. The third-order valence-corrected chi connectivity index (χ3v) is 1.32. The first-order valence-corrected chi connectivity index (χ1v) is 3.23. The van der Waals surface area contributed by atoms with Gasteiger partial charge in [0, 0.05) is 6.04 Å². The largest absolute Gasteiger partial charge is 0.481 e. The van der Waals surface area contributed by atoms with E-state index in [1.165, 1.54) is 0 Å². The van der Waals surface area contributed by atoms with Gasteiger partial charge in [0.05, 0.1) is 12.5 Å². The average molecular weight is 147 g/mol. The summed E-state index contributed by atoms with van der Waals surface area (Å²) in [5.74, 6) is -0.972. The van der Waals surface area contributed by atoms with Crippen LogP contribution in [0.25, 0.3) is 0 Å². The zero-order valence-corrected chi connectivity index (χ0v) is 5.95. The molecule has 0 bridgehead atoms. The lowest BCUT2D eigenvalue weighted by atomic mass is 10.1. The minimum Gasteiger partial charge on any atom is -0.481 e. The molecule has 0 aliphatic rings. The first-order valence-electron chi connectivity index (χ1n) is 3.23. The Morgan fingerprint density at radius 2 is 2.20 bits per heavy atom. The Hall–Kier alpha value is -0.610. The van der Waals surface area contributed by atoms with Gasteiger partial charge in [0.15, 0.2) is 0 Å². The molecule has 0 aromatic heterocycles. The molecule has 0 radical (unpaired) electrons. The van der Waals surface area contributed by atoms with Gasteiger partial charge in [0.1, 0.15) is 0 Å². The van der Waals surface area contributed by atoms with Gasteiger partial charge < -0.3 is 15.9 Å². The lowest BCUT2D eigenvalue weighted by Gasteiger charge is -2.13. The Kier molecular flexibility index (Phi) is 3.99. The topological polar surface area (TPSA) is 83.5 Å². The van der Waals surface area contributed by atoms with Gasteiger partial charge in [-0.2, -0.15) is 0 Å². The molecule has 0 aliphatic heterocycles. The van der Waals surface area contributed by atoms with Gasteiger partial charge in [0.2, 0.25) is 0 Å². The maximum absolute atomic E-state index is 10.0. The maximum atomic E-state index is 10.0. The highest BCUT2D eigenvalue weighted by Gasteiger charge is 2.15. The van der Waals surface area contributed by atoms with Crippen LogP contribution in [0, 0.1) is 0 Å². The number of carboxylic acids is 1. The zero-order valence-electron chi connectivity index (χ0n) is 5.95. The van der Waals surface area contributed by atoms with Crippen LogP contribution in [0.2, 0.25) is 0 Å². The van der Waals surface area contributed by atoms with Gasteiger partial charge >= 0.3 is 5.97 Å². The van der Waals surface area contributed by atoms with Gasteiger partial charge in [-0.3, -0.25) is 4.79 Å². The van der Waals surface area contributed by atoms with Crippen molar-refractivity contribution in [3.05, 3.63) is 0 Å². The van der Waals surface area contributed by atoms with Crippen LogP contribution in [0.3, 0.4) is 0 Å². The molecule has 0 aliphatic carbocycles. The van der Waals surface area contributed by atoms with Gasteiger partial charge in [0.25, 0.3) is 0 Å². The Labute approximate surface area is 59.7 Å². The first-order chi connectivity index (χ1) is 4.57. The average Bonchev–Trinajstić information content (AvgIpc) is 1.85. The van der Waals surface area contributed by atoms with Crippen LogP contribution in [-0.4, -0.2) is 28.3 Å². The van der Waals surface area contributed by atoms with E-state index in [4.69, 9.17) is 15.9 Å². The molecule has 0 heterocycles. The molecule has 4 N–H and O–H groups in total. The summed E-state index contributed by atoms with van der Waals surface area (Å²) in [7, 11) is 0. The Bertz CT molecular complexity index is 116. The number of carboxylic acid groups (broad SMARTS) is 1. The van der Waals surface area contributed by atoms with Crippen LogP contribution in [0.15, 0.2) is 0 Å². The predicted molar refractivity (Wildman–Crippen MR) is 36.5 cm³/mol. The lowest BCUT2D eigenvalue weighted by Crippen LogP contribution is -2.36. The van der Waals surface area contributed by atoms with E-state index in [-0.39, 0.29) is 6.42 Å². The number of hydrogen-bond donors (Lipinski definition) is 3. The van der Waals surface area contributed by atoms with Crippen LogP contribution in [0.1, 0.15) is 19.8 Å². The van der Waals surface area contributed by atoms with Crippen molar-refractivity contribution < 1.29 is 15.0 Å². The fourth-order valence-corrected chi connectivity index (χ4v) is 0.640. The number of carbonyl (C=O) groups is 1. The molecule has 10 heavy (non-hydrogen) atoms. The van der Waals surface area contributed by atoms with Gasteiger partial charge in [-0.05, 0) is 6.42 Å². The van der Waals surface area contributed by atoms with Crippen molar-refractivity contribution in [1.29, 1.82) is 0 Å². The van der Waals surface area contributed by atoms with E-state index in [1.807, 2.05) is 0 Å². The molecule has 2 atom stereocenters. The first kappa shape index (κ1) is 9.39. The van der Waals surface area contributed by atoms with E-state index >= 15 is 0 Å². The minimum absolute atomic E-state index is 0.172. The molecule has 0 spiro atoms. The fraction of sp³-hybridized carbons (Fsp3) is 0.833. The second-order valence-corrected chi connectivity index (χ2v) is 2.24. The Morgan fingerprint density at radius 1 is 1.70 bits per heavy atom. The fourth-order valence-electron chi connectivity index (χ4n) is 0.640. The highest BCUT2D eigenvalue weighted by atomic mass is 16.4. The molecule has 4 nitrogen and oxygen atoms in total. The Morgan fingerprint density at radius 3 is 2.50 bits per heavy atom. The van der Waals surface area contributed by atoms with E-state index in [1.54, 1.807) is 6.92 Å². The number of aliphatic hydroxyl groups excluding tert-OH is 1. The van der Waals surface area contributed by atoms with Crippen molar-refractivity contribution in [2.24, 2.45) is 5.73 Å².